The molecule has 24 nitrogen and oxygen atoms in total. The average molecular weight is 1320 g/mol. The van der Waals surface area contributed by atoms with E-state index in [4.69, 9.17) is 15.0 Å². The summed E-state index contributed by atoms with van der Waals surface area (Å²) >= 11 is 0. The molecule has 2 heterocycles. The van der Waals surface area contributed by atoms with Crippen LogP contribution in [0.1, 0.15) is 244 Å². The van der Waals surface area contributed by atoms with Crippen LogP contribution in [0.15, 0.2) is 12.2 Å². The number of nitrogens with one attached hydrogen (secondary N) is 9. The maximum absolute atomic E-state index is 13.5. The zero-order chi connectivity index (χ0) is 69.8. The lowest BCUT2D eigenvalue weighted by Gasteiger charge is -2.35. The van der Waals surface area contributed by atoms with Gasteiger partial charge in [0.2, 0.25) is 71.0 Å². The van der Waals surface area contributed by atoms with Gasteiger partial charge in [-0.15, -0.1) is 0 Å². The van der Waals surface area contributed by atoms with Gasteiger partial charge in [0.25, 0.3) is 0 Å². The molecule has 0 saturated carbocycles. The molecule has 1 aliphatic rings. The third kappa shape index (κ3) is 46.5. The van der Waals surface area contributed by atoms with Gasteiger partial charge in [0.15, 0.2) is 0 Å². The number of unbranched alkanes of at least 4 members (excludes halogenated alkanes) is 6. The van der Waals surface area contributed by atoms with Crippen molar-refractivity contribution in [1.82, 2.24) is 62.4 Å². The molecule has 0 atom stereocenters. The molecule has 536 valence electrons. The van der Waals surface area contributed by atoms with E-state index in [9.17, 15) is 43.2 Å². The van der Waals surface area contributed by atoms with Gasteiger partial charge < -0.3 is 62.6 Å². The summed E-state index contributed by atoms with van der Waals surface area (Å²) in [6.45, 7) is 31.3. The van der Waals surface area contributed by atoms with Crippen LogP contribution in [-0.2, 0) is 43.2 Å². The first kappa shape index (κ1) is 83.5. The largest absolute Gasteiger partial charge is 0.356 e. The van der Waals surface area contributed by atoms with Gasteiger partial charge in [-0.25, -0.2) is 0 Å². The Bertz CT molecular complexity index is 2380. The lowest BCUT2D eigenvalue weighted by molar-refractivity contribution is -0.132. The van der Waals surface area contributed by atoms with Crippen LogP contribution in [0.2, 0.25) is 0 Å². The fourth-order valence-electron chi connectivity index (χ4n) is 10.0. The number of carbonyl (C=O) groups is 9. The van der Waals surface area contributed by atoms with Gasteiger partial charge in [-0.1, -0.05) is 121 Å². The minimum Gasteiger partial charge on any atom is -0.356 e. The van der Waals surface area contributed by atoms with Crippen LogP contribution in [0.5, 0.6) is 0 Å². The third-order valence-electron chi connectivity index (χ3n) is 15.7. The van der Waals surface area contributed by atoms with Crippen molar-refractivity contribution in [3.05, 3.63) is 12.2 Å². The van der Waals surface area contributed by atoms with Crippen molar-refractivity contribution in [2.45, 2.75) is 244 Å². The number of rotatable bonds is 48. The standard InChI is InChI=1S/C70H127N15O9/c1-67(2,3)36-18-15-27-55(86)73-42-24-45-76-60(91)33-48-79-64-80-65(82-66(81-64)85-53-51-83(52-54-85)63(94)31-23-30-58(89)71-40-21-13-14-22-41-72-59(90)32-39-70(10,11)12)84(49-34-61(92)77-46-25-43-74-56(87)28-16-19-37-68(4,5)6)50-35-62(93)78-47-26-44-75-57(88)29-17-20-38-69(7,8)9/h32,39H,13-31,33-38,40-54H2,1-12H3,(H,71,89)(H,72,90)(H,73,86)(H,74,87)(H,75,88)(H,76,91)(H,77,92)(H,78,93)(H,79,80,81,82)/b39-32+. The minimum absolute atomic E-state index is 0.00599. The van der Waals surface area contributed by atoms with E-state index in [1.54, 1.807) is 15.9 Å². The first-order valence-corrected chi connectivity index (χ1v) is 35.5. The molecule has 0 unspecified atom stereocenters. The number of nitrogens with zero attached hydrogens (tertiary/aromatic N) is 6. The molecular weight excluding hydrogens is 1190 g/mol. The van der Waals surface area contributed by atoms with Crippen molar-refractivity contribution >= 4 is 71.0 Å². The second-order valence-corrected chi connectivity index (χ2v) is 29.9. The smallest absolute Gasteiger partial charge is 0.243 e. The number of amides is 9. The highest BCUT2D eigenvalue weighted by atomic mass is 16.2. The predicted octanol–water partition coefficient (Wildman–Crippen LogP) is 8.16. The molecule has 0 spiro atoms. The van der Waals surface area contributed by atoms with Gasteiger partial charge in [-0.2, -0.15) is 15.0 Å². The van der Waals surface area contributed by atoms with E-state index in [1.807, 2.05) is 31.7 Å². The molecule has 0 aliphatic carbocycles. The second-order valence-electron chi connectivity index (χ2n) is 29.9. The Balaban J connectivity index is 2.15. The summed E-state index contributed by atoms with van der Waals surface area (Å²) in [4.78, 5) is 135. The van der Waals surface area contributed by atoms with Crippen LogP contribution >= 0.6 is 0 Å². The molecular formula is C70H127N15O9. The number of carbonyl (C=O) groups excluding carboxylic acids is 9. The van der Waals surface area contributed by atoms with Gasteiger partial charge in [-0.3, -0.25) is 43.2 Å². The van der Waals surface area contributed by atoms with Crippen molar-refractivity contribution in [1.29, 1.82) is 0 Å². The number of hydrogen-bond donors (Lipinski definition) is 9. The molecule has 1 aromatic rings. The van der Waals surface area contributed by atoms with Crippen molar-refractivity contribution in [2.24, 2.45) is 21.7 Å². The van der Waals surface area contributed by atoms with Crippen molar-refractivity contribution in [2.75, 3.05) is 113 Å². The summed E-state index contributed by atoms with van der Waals surface area (Å²) < 4.78 is 0. The maximum Gasteiger partial charge on any atom is 0.243 e. The maximum atomic E-state index is 13.5. The number of aromatic nitrogens is 3. The fourth-order valence-corrected chi connectivity index (χ4v) is 10.0. The van der Waals surface area contributed by atoms with E-state index in [0.717, 1.165) is 83.5 Å². The Hall–Kier alpha value is -6.62. The first-order chi connectivity index (χ1) is 44.4. The van der Waals surface area contributed by atoms with Crippen LogP contribution in [0, 0.1) is 21.7 Å². The van der Waals surface area contributed by atoms with Gasteiger partial charge in [0.1, 0.15) is 0 Å². The van der Waals surface area contributed by atoms with Gasteiger partial charge in [-0.05, 0) is 105 Å². The monoisotopic (exact) mass is 1320 g/mol. The molecule has 1 aromatic heterocycles. The summed E-state index contributed by atoms with van der Waals surface area (Å²) in [7, 11) is 0. The van der Waals surface area contributed by atoms with E-state index in [-0.39, 0.29) is 138 Å². The zero-order valence-corrected chi connectivity index (χ0v) is 60.3. The van der Waals surface area contributed by atoms with E-state index in [1.165, 1.54) is 0 Å². The van der Waals surface area contributed by atoms with Crippen molar-refractivity contribution in [3.8, 4) is 0 Å². The van der Waals surface area contributed by atoms with Crippen LogP contribution in [0.3, 0.4) is 0 Å². The molecule has 24 heteroatoms. The highest BCUT2D eigenvalue weighted by Crippen LogP contribution is 2.25. The molecule has 1 fully saturated rings. The lowest BCUT2D eigenvalue weighted by Crippen LogP contribution is -2.49. The molecule has 0 aromatic carbocycles. The molecule has 0 radical (unpaired) electrons. The SMILES string of the molecule is CC(C)(C)/C=C/C(=O)NCCCCCCNC(=O)CCCC(=O)N1CCN(c2nc(NCCC(=O)NCCCNC(=O)CCCCC(C)(C)C)nc(N(CCC(=O)NCCCNC(=O)CCCCC(C)(C)C)CCC(=O)NCCCNC(=O)CCCCC(C)(C)C)n2)CC1. The highest BCUT2D eigenvalue weighted by molar-refractivity contribution is 5.87. The Kier molecular flexibility index (Phi) is 41.3. The Morgan fingerprint density at radius 3 is 1.16 bits per heavy atom. The average Bonchev–Trinajstić information content (AvgIpc) is 0.824. The van der Waals surface area contributed by atoms with Gasteiger partial charge in [0, 0.05) is 150 Å². The summed E-state index contributed by atoms with van der Waals surface area (Å²) in [5, 5.41) is 26.7. The van der Waals surface area contributed by atoms with Gasteiger partial charge in [0.05, 0.1) is 0 Å². The minimum atomic E-state index is -0.236. The number of anilines is 3. The van der Waals surface area contributed by atoms with E-state index in [0.29, 0.717) is 129 Å². The van der Waals surface area contributed by atoms with Crippen LogP contribution in [-0.4, -0.2) is 171 Å². The first-order valence-electron chi connectivity index (χ1n) is 35.5. The number of allylic oxidation sites excluding steroid dienone is 1. The summed E-state index contributed by atoms with van der Waals surface area (Å²) in [6.07, 6.45) is 19.7. The van der Waals surface area contributed by atoms with E-state index < -0.39 is 0 Å². The molecule has 94 heavy (non-hydrogen) atoms. The molecule has 9 N–H and O–H groups in total. The number of piperazine rings is 1. The van der Waals surface area contributed by atoms with Crippen LogP contribution in [0.25, 0.3) is 0 Å². The Morgan fingerprint density at radius 1 is 0.383 bits per heavy atom. The Labute approximate surface area is 565 Å². The second kappa shape index (κ2) is 46.5. The zero-order valence-electron chi connectivity index (χ0n) is 60.3. The molecule has 0 bridgehead atoms. The van der Waals surface area contributed by atoms with E-state index >= 15 is 0 Å². The third-order valence-corrected chi connectivity index (χ3v) is 15.7. The Morgan fingerprint density at radius 2 is 0.755 bits per heavy atom. The topological polar surface area (TPSA) is 310 Å². The summed E-state index contributed by atoms with van der Waals surface area (Å²) in [5.41, 5.74) is 0.628. The fraction of sp³-hybridized carbons (Fsp3) is 0.800. The molecule has 2 rings (SSSR count). The van der Waals surface area contributed by atoms with Crippen LogP contribution < -0.4 is 57.7 Å². The quantitative estimate of drug-likeness (QED) is 0.0220. The summed E-state index contributed by atoms with van der Waals surface area (Å²) in [5.74, 6) is -0.248. The van der Waals surface area contributed by atoms with Crippen molar-refractivity contribution in [3.63, 3.8) is 0 Å². The van der Waals surface area contributed by atoms with Crippen LogP contribution in [0.4, 0.5) is 17.8 Å². The highest BCUT2D eigenvalue weighted by Gasteiger charge is 2.26. The molecule has 9 amide bonds. The number of hydrogen-bond acceptors (Lipinski definition) is 15. The lowest BCUT2D eigenvalue weighted by atomic mass is 9.89. The van der Waals surface area contributed by atoms with Gasteiger partial charge >= 0.3 is 0 Å². The predicted molar refractivity (Wildman–Crippen MR) is 376 cm³/mol. The van der Waals surface area contributed by atoms with E-state index in [2.05, 4.69) is 110 Å². The summed E-state index contributed by atoms with van der Waals surface area (Å²) in [6, 6.07) is 0. The molecule has 1 aliphatic heterocycles. The molecule has 1 saturated heterocycles. The van der Waals surface area contributed by atoms with Crippen molar-refractivity contribution < 1.29 is 43.2 Å². The normalized spacial score (nSPS) is 12.9.